The Kier molecular flexibility index (Phi) is 4.41. The molecule has 0 fully saturated rings. The van der Waals surface area contributed by atoms with Gasteiger partial charge in [0.1, 0.15) is 0 Å². The van der Waals surface area contributed by atoms with Crippen LogP contribution >= 0.6 is 0 Å². The van der Waals surface area contributed by atoms with Crippen LogP contribution in [0.3, 0.4) is 0 Å². The average Bonchev–Trinajstić information content (AvgIpc) is 2.24. The number of nitrogens with one attached hydrogen (secondary N) is 1. The van der Waals surface area contributed by atoms with Gasteiger partial charge in [0, 0.05) is 18.7 Å². The minimum absolute atomic E-state index is 0.0358. The number of hydroxylamine groups is 1. The van der Waals surface area contributed by atoms with E-state index in [1.54, 1.807) is 0 Å². The molecule has 94 valence electrons. The van der Waals surface area contributed by atoms with E-state index in [-0.39, 0.29) is 12.2 Å². The van der Waals surface area contributed by atoms with Crippen LogP contribution in [0, 0.1) is 10.1 Å². The molecule has 0 bridgehead atoms. The molecule has 0 atom stereocenters. The molecular formula is C9H9F3N2O3. The van der Waals surface area contributed by atoms with E-state index in [0.29, 0.717) is 5.56 Å². The third-order valence-corrected chi connectivity index (χ3v) is 1.76. The maximum Gasteiger partial charge on any atom is 0.413 e. The van der Waals surface area contributed by atoms with Crippen molar-refractivity contribution in [2.45, 2.75) is 12.7 Å². The SMILES string of the molecule is O=[N+]([O-])c1ccc(CNOCC(F)(F)F)cc1. The second kappa shape index (κ2) is 5.60. The van der Waals surface area contributed by atoms with Gasteiger partial charge in [-0.05, 0) is 5.56 Å². The van der Waals surface area contributed by atoms with Gasteiger partial charge >= 0.3 is 6.18 Å². The van der Waals surface area contributed by atoms with Crippen LogP contribution < -0.4 is 5.48 Å². The molecule has 5 nitrogen and oxygen atoms in total. The number of non-ortho nitro benzene ring substituents is 1. The second-order valence-corrected chi connectivity index (χ2v) is 3.15. The Bertz CT molecular complexity index is 378. The predicted molar refractivity (Wildman–Crippen MR) is 51.9 cm³/mol. The lowest BCUT2D eigenvalue weighted by Crippen LogP contribution is -2.24. The van der Waals surface area contributed by atoms with Gasteiger partial charge in [-0.2, -0.15) is 18.7 Å². The van der Waals surface area contributed by atoms with Crippen LogP contribution in [0.1, 0.15) is 5.56 Å². The number of benzene rings is 1. The first-order chi connectivity index (χ1) is 7.88. The first-order valence-electron chi connectivity index (χ1n) is 4.53. The fraction of sp³-hybridized carbons (Fsp3) is 0.333. The summed E-state index contributed by atoms with van der Waals surface area (Å²) < 4.78 is 35.0. The molecule has 1 N–H and O–H groups in total. The summed E-state index contributed by atoms with van der Waals surface area (Å²) in [4.78, 5) is 13.9. The highest BCUT2D eigenvalue weighted by molar-refractivity contribution is 5.32. The molecule has 1 rings (SSSR count). The molecule has 8 heteroatoms. The summed E-state index contributed by atoms with van der Waals surface area (Å²) in [7, 11) is 0. The van der Waals surface area contributed by atoms with Crippen molar-refractivity contribution in [3.8, 4) is 0 Å². The van der Waals surface area contributed by atoms with Crippen molar-refractivity contribution in [1.82, 2.24) is 5.48 Å². The van der Waals surface area contributed by atoms with E-state index >= 15 is 0 Å². The van der Waals surface area contributed by atoms with Gasteiger partial charge in [0.15, 0.2) is 6.61 Å². The molecule has 0 unspecified atom stereocenters. The van der Waals surface area contributed by atoms with Crippen LogP contribution in [-0.2, 0) is 11.4 Å². The highest BCUT2D eigenvalue weighted by Gasteiger charge is 2.27. The Labute approximate surface area is 94.3 Å². The summed E-state index contributed by atoms with van der Waals surface area (Å²) in [6, 6.07) is 5.39. The maximum absolute atomic E-state index is 11.7. The third-order valence-electron chi connectivity index (χ3n) is 1.76. The van der Waals surface area contributed by atoms with Crippen molar-refractivity contribution < 1.29 is 22.9 Å². The van der Waals surface area contributed by atoms with Crippen LogP contribution in [0.25, 0.3) is 0 Å². The zero-order valence-electron chi connectivity index (χ0n) is 8.53. The van der Waals surface area contributed by atoms with Crippen LogP contribution in [0.2, 0.25) is 0 Å². The smallest absolute Gasteiger partial charge is 0.292 e. The average molecular weight is 250 g/mol. The van der Waals surface area contributed by atoms with Crippen molar-refractivity contribution >= 4 is 5.69 Å². The van der Waals surface area contributed by atoms with Crippen LogP contribution in [0.15, 0.2) is 24.3 Å². The number of nitro benzene ring substituents is 1. The van der Waals surface area contributed by atoms with Gasteiger partial charge in [-0.15, -0.1) is 0 Å². The van der Waals surface area contributed by atoms with E-state index in [4.69, 9.17) is 0 Å². The third kappa shape index (κ3) is 5.27. The topological polar surface area (TPSA) is 64.4 Å². The number of halogens is 3. The van der Waals surface area contributed by atoms with E-state index in [0.717, 1.165) is 0 Å². The number of alkyl halides is 3. The quantitative estimate of drug-likeness (QED) is 0.494. The van der Waals surface area contributed by atoms with Gasteiger partial charge in [-0.3, -0.25) is 15.0 Å². The van der Waals surface area contributed by atoms with E-state index in [9.17, 15) is 23.3 Å². The minimum Gasteiger partial charge on any atom is -0.292 e. The van der Waals surface area contributed by atoms with Crippen molar-refractivity contribution in [2.24, 2.45) is 0 Å². The Morgan fingerprint density at radius 3 is 2.35 bits per heavy atom. The Morgan fingerprint density at radius 2 is 1.88 bits per heavy atom. The van der Waals surface area contributed by atoms with E-state index in [1.165, 1.54) is 24.3 Å². The summed E-state index contributed by atoms with van der Waals surface area (Å²) in [6.45, 7) is -1.35. The largest absolute Gasteiger partial charge is 0.413 e. The van der Waals surface area contributed by atoms with Crippen molar-refractivity contribution in [1.29, 1.82) is 0 Å². The number of rotatable bonds is 5. The Morgan fingerprint density at radius 1 is 1.29 bits per heavy atom. The minimum atomic E-state index is -4.39. The fourth-order valence-electron chi connectivity index (χ4n) is 1.00. The molecule has 0 saturated carbocycles. The molecule has 0 radical (unpaired) electrons. The van der Waals surface area contributed by atoms with E-state index in [1.807, 2.05) is 0 Å². The molecule has 0 amide bonds. The lowest BCUT2D eigenvalue weighted by molar-refractivity contribution is -0.384. The standard InChI is InChI=1S/C9H9F3N2O3/c10-9(11,12)6-17-13-5-7-1-3-8(4-2-7)14(15)16/h1-4,13H,5-6H2. The molecule has 0 aliphatic rings. The van der Waals surface area contributed by atoms with Gasteiger partial charge < -0.3 is 0 Å². The van der Waals surface area contributed by atoms with E-state index in [2.05, 4.69) is 10.3 Å². The summed E-state index contributed by atoms with van der Waals surface area (Å²) in [5, 5.41) is 10.3. The summed E-state index contributed by atoms with van der Waals surface area (Å²) in [5.74, 6) is 0. The second-order valence-electron chi connectivity index (χ2n) is 3.15. The molecule has 0 aliphatic heterocycles. The molecule has 1 aromatic carbocycles. The molecule has 1 aromatic rings. The Hall–Kier alpha value is -1.67. The molecule has 17 heavy (non-hydrogen) atoms. The van der Waals surface area contributed by atoms with Gasteiger partial charge in [-0.1, -0.05) is 12.1 Å². The zero-order valence-corrected chi connectivity index (χ0v) is 8.53. The van der Waals surface area contributed by atoms with Gasteiger partial charge in [0.05, 0.1) is 4.92 Å². The highest BCUT2D eigenvalue weighted by atomic mass is 19.4. The normalized spacial score (nSPS) is 11.5. The molecule has 0 aliphatic carbocycles. The molecule has 0 spiro atoms. The van der Waals surface area contributed by atoms with Crippen LogP contribution in [-0.4, -0.2) is 17.7 Å². The zero-order chi connectivity index (χ0) is 12.9. The lowest BCUT2D eigenvalue weighted by atomic mass is 10.2. The van der Waals surface area contributed by atoms with E-state index < -0.39 is 17.7 Å². The monoisotopic (exact) mass is 250 g/mol. The molecule has 0 saturated heterocycles. The lowest BCUT2D eigenvalue weighted by Gasteiger charge is -2.08. The molecular weight excluding hydrogens is 241 g/mol. The summed E-state index contributed by atoms with van der Waals surface area (Å²) >= 11 is 0. The van der Waals surface area contributed by atoms with Crippen molar-refractivity contribution in [2.75, 3.05) is 6.61 Å². The summed E-state index contributed by atoms with van der Waals surface area (Å²) in [5.41, 5.74) is 2.62. The van der Waals surface area contributed by atoms with Gasteiger partial charge in [0.2, 0.25) is 0 Å². The first-order valence-corrected chi connectivity index (χ1v) is 4.53. The van der Waals surface area contributed by atoms with Gasteiger partial charge in [0.25, 0.3) is 5.69 Å². The number of hydrogen-bond donors (Lipinski definition) is 1. The Balaban J connectivity index is 2.35. The highest BCUT2D eigenvalue weighted by Crippen LogP contribution is 2.14. The summed E-state index contributed by atoms with van der Waals surface area (Å²) in [6.07, 6.45) is -4.39. The number of hydrogen-bond acceptors (Lipinski definition) is 4. The van der Waals surface area contributed by atoms with Gasteiger partial charge in [-0.25, -0.2) is 0 Å². The van der Waals surface area contributed by atoms with Crippen LogP contribution in [0.5, 0.6) is 0 Å². The predicted octanol–water partition coefficient (Wildman–Crippen LogP) is 2.18. The molecule has 0 heterocycles. The fourth-order valence-corrected chi connectivity index (χ4v) is 1.00. The van der Waals surface area contributed by atoms with Crippen LogP contribution in [0.4, 0.5) is 18.9 Å². The first kappa shape index (κ1) is 13.4. The number of nitro groups is 1. The van der Waals surface area contributed by atoms with Crippen molar-refractivity contribution in [3.63, 3.8) is 0 Å². The maximum atomic E-state index is 11.7. The number of nitrogens with zero attached hydrogens (tertiary/aromatic N) is 1. The van der Waals surface area contributed by atoms with Crippen molar-refractivity contribution in [3.05, 3.63) is 39.9 Å². The molecule has 0 aromatic heterocycles.